The van der Waals surface area contributed by atoms with Crippen LogP contribution in [0.5, 0.6) is 0 Å². The normalized spacial score (nSPS) is 14.0. The number of hydrogen-bond acceptors (Lipinski definition) is 4. The minimum absolute atomic E-state index is 0.126. The summed E-state index contributed by atoms with van der Waals surface area (Å²) in [6.45, 7) is 1.21. The van der Waals surface area contributed by atoms with Gasteiger partial charge in [0.05, 0.1) is 0 Å². The van der Waals surface area contributed by atoms with Gasteiger partial charge in [0.2, 0.25) is 0 Å². The molecule has 1 aromatic heterocycles. The fourth-order valence-corrected chi connectivity index (χ4v) is 4.27. The van der Waals surface area contributed by atoms with E-state index in [1.54, 1.807) is 6.92 Å². The standard InChI is InChI=1S/C11H12F6NO4S2/c1-2-3-6-18-7-4-5-8(23(19,20)10(12,13)14)9(18)24(21,22)11(15,16)17/h4-5,7H,2-3,6H2,1H3/q+1. The van der Waals surface area contributed by atoms with Gasteiger partial charge in [-0.1, -0.05) is 13.3 Å². The van der Waals surface area contributed by atoms with Crippen LogP contribution in [0.1, 0.15) is 19.8 Å². The first-order chi connectivity index (χ1) is 10.7. The number of halogens is 6. The summed E-state index contributed by atoms with van der Waals surface area (Å²) >= 11 is 0. The number of nitrogens with zero attached hydrogens (tertiary/aromatic N) is 1. The second-order valence-electron chi connectivity index (χ2n) is 4.62. The number of aryl methyl sites for hydroxylation is 1. The number of hydrogen-bond donors (Lipinski definition) is 0. The van der Waals surface area contributed by atoms with E-state index in [0.717, 1.165) is 12.3 Å². The molecule has 24 heavy (non-hydrogen) atoms. The van der Waals surface area contributed by atoms with Crippen molar-refractivity contribution in [2.24, 2.45) is 0 Å². The van der Waals surface area contributed by atoms with Crippen LogP contribution in [0.3, 0.4) is 0 Å². The molecule has 0 unspecified atom stereocenters. The van der Waals surface area contributed by atoms with E-state index in [0.29, 0.717) is 11.0 Å². The van der Waals surface area contributed by atoms with Gasteiger partial charge in [0.25, 0.3) is 9.84 Å². The van der Waals surface area contributed by atoms with Gasteiger partial charge in [-0.15, -0.1) is 0 Å². The van der Waals surface area contributed by atoms with E-state index in [2.05, 4.69) is 0 Å². The molecule has 1 aromatic rings. The summed E-state index contributed by atoms with van der Waals surface area (Å²) in [4.78, 5) is -1.95. The third-order valence-corrected chi connectivity index (χ3v) is 6.11. The SMILES string of the molecule is CCCC[n+]1cccc(S(=O)(=O)C(F)(F)F)c1S(=O)(=O)C(F)(F)F. The topological polar surface area (TPSA) is 72.2 Å². The van der Waals surface area contributed by atoms with Crippen LogP contribution < -0.4 is 4.57 Å². The van der Waals surface area contributed by atoms with Crippen LogP contribution in [0.15, 0.2) is 28.3 Å². The van der Waals surface area contributed by atoms with Crippen LogP contribution in [-0.2, 0) is 26.2 Å². The van der Waals surface area contributed by atoms with Gasteiger partial charge in [-0.3, -0.25) is 0 Å². The zero-order valence-corrected chi connectivity index (χ0v) is 13.7. The molecule has 0 radical (unpaired) electrons. The van der Waals surface area contributed by atoms with Gasteiger partial charge in [-0.2, -0.15) is 30.9 Å². The third-order valence-electron chi connectivity index (χ3n) is 2.89. The average molecular weight is 400 g/mol. The zero-order valence-electron chi connectivity index (χ0n) is 12.0. The molecule has 1 rings (SSSR count). The van der Waals surface area contributed by atoms with E-state index in [1.165, 1.54) is 0 Å². The van der Waals surface area contributed by atoms with Gasteiger partial charge in [-0.05, 0) is 6.07 Å². The van der Waals surface area contributed by atoms with Crippen molar-refractivity contribution in [1.82, 2.24) is 0 Å². The van der Waals surface area contributed by atoms with Crippen LogP contribution in [0.2, 0.25) is 0 Å². The Balaban J connectivity index is 3.89. The van der Waals surface area contributed by atoms with Crippen molar-refractivity contribution in [2.75, 3.05) is 0 Å². The highest BCUT2D eigenvalue weighted by atomic mass is 32.2. The first-order valence-electron chi connectivity index (χ1n) is 6.33. The number of aromatic nitrogens is 1. The molecule has 0 atom stereocenters. The fourth-order valence-electron chi connectivity index (χ4n) is 1.74. The maximum absolute atomic E-state index is 12.8. The number of alkyl halides is 6. The summed E-state index contributed by atoms with van der Waals surface area (Å²) in [6.07, 6.45) is 1.29. The highest BCUT2D eigenvalue weighted by molar-refractivity contribution is 7.95. The lowest BCUT2D eigenvalue weighted by Crippen LogP contribution is -2.45. The van der Waals surface area contributed by atoms with Crippen molar-refractivity contribution in [3.05, 3.63) is 18.3 Å². The zero-order chi connectivity index (χ0) is 19.0. The van der Waals surface area contributed by atoms with Crippen LogP contribution in [-0.4, -0.2) is 27.9 Å². The Morgan fingerprint density at radius 2 is 1.46 bits per heavy atom. The van der Waals surface area contributed by atoms with E-state index in [4.69, 9.17) is 0 Å². The molecule has 1 heterocycles. The molecule has 0 N–H and O–H groups in total. The van der Waals surface area contributed by atoms with Crippen LogP contribution >= 0.6 is 0 Å². The molecule has 0 aliphatic carbocycles. The Bertz CT molecular complexity index is 812. The second-order valence-corrected chi connectivity index (χ2v) is 8.39. The van der Waals surface area contributed by atoms with Gasteiger partial charge >= 0.3 is 25.9 Å². The summed E-state index contributed by atoms with van der Waals surface area (Å²) in [5.41, 5.74) is -11.9. The number of unbranched alkanes of at least 4 members (excludes halogenated alkanes) is 1. The first kappa shape index (κ1) is 20.7. The van der Waals surface area contributed by atoms with Crippen molar-refractivity contribution in [2.45, 2.75) is 47.2 Å². The molecule has 0 saturated heterocycles. The molecule has 0 spiro atoms. The summed E-state index contributed by atoms with van der Waals surface area (Å²) < 4.78 is 123. The highest BCUT2D eigenvalue weighted by Gasteiger charge is 2.58. The lowest BCUT2D eigenvalue weighted by atomic mass is 10.3. The van der Waals surface area contributed by atoms with Crippen molar-refractivity contribution in [3.8, 4) is 0 Å². The predicted octanol–water partition coefficient (Wildman–Crippen LogP) is 2.36. The summed E-state index contributed by atoms with van der Waals surface area (Å²) in [5, 5.41) is -1.94. The minimum atomic E-state index is -6.33. The maximum Gasteiger partial charge on any atom is 0.507 e. The van der Waals surface area contributed by atoms with E-state index in [-0.39, 0.29) is 12.5 Å². The molecule has 0 amide bonds. The molecule has 0 aliphatic heterocycles. The van der Waals surface area contributed by atoms with Crippen LogP contribution in [0, 0.1) is 0 Å². The number of sulfone groups is 2. The van der Waals surface area contributed by atoms with Gasteiger partial charge in [-0.25, -0.2) is 16.8 Å². The first-order valence-corrected chi connectivity index (χ1v) is 9.29. The quantitative estimate of drug-likeness (QED) is 0.562. The molecule has 0 aliphatic rings. The number of pyridine rings is 1. The van der Waals surface area contributed by atoms with Crippen LogP contribution in [0.25, 0.3) is 0 Å². The van der Waals surface area contributed by atoms with E-state index >= 15 is 0 Å². The minimum Gasteiger partial charge on any atom is -0.214 e. The third kappa shape index (κ3) is 3.66. The van der Waals surface area contributed by atoms with Gasteiger partial charge in [0.1, 0.15) is 6.54 Å². The fraction of sp³-hybridized carbons (Fsp3) is 0.545. The van der Waals surface area contributed by atoms with E-state index in [9.17, 15) is 43.2 Å². The molecule has 138 valence electrons. The molecule has 0 fully saturated rings. The maximum atomic E-state index is 12.8. The van der Waals surface area contributed by atoms with Crippen LogP contribution in [0.4, 0.5) is 26.3 Å². The highest BCUT2D eigenvalue weighted by Crippen LogP contribution is 2.37. The Morgan fingerprint density at radius 3 is 1.88 bits per heavy atom. The number of rotatable bonds is 5. The molecule has 0 saturated carbocycles. The second kappa shape index (κ2) is 6.50. The van der Waals surface area contributed by atoms with Crippen molar-refractivity contribution >= 4 is 19.7 Å². The van der Waals surface area contributed by atoms with E-state index in [1.807, 2.05) is 0 Å². The molecular weight excluding hydrogens is 388 g/mol. The van der Waals surface area contributed by atoms with Gasteiger partial charge in [0, 0.05) is 12.5 Å². The Labute approximate surface area is 133 Å². The molecular formula is C11H12F6NO4S2+. The van der Waals surface area contributed by atoms with Crippen molar-refractivity contribution in [1.29, 1.82) is 0 Å². The van der Waals surface area contributed by atoms with Crippen molar-refractivity contribution in [3.63, 3.8) is 0 Å². The molecule has 13 heteroatoms. The summed E-state index contributed by atoms with van der Waals surface area (Å²) in [7, 11) is -12.6. The smallest absolute Gasteiger partial charge is 0.214 e. The van der Waals surface area contributed by atoms with E-state index < -0.39 is 47.2 Å². The lowest BCUT2D eigenvalue weighted by Gasteiger charge is -2.13. The molecule has 0 bridgehead atoms. The van der Waals surface area contributed by atoms with Gasteiger partial charge < -0.3 is 0 Å². The summed E-state index contributed by atoms with van der Waals surface area (Å²) in [5.74, 6) is 0. The Morgan fingerprint density at radius 1 is 0.958 bits per heavy atom. The predicted molar refractivity (Wildman–Crippen MR) is 68.0 cm³/mol. The average Bonchev–Trinajstić information content (AvgIpc) is 2.42. The molecule has 0 aromatic carbocycles. The monoisotopic (exact) mass is 400 g/mol. The van der Waals surface area contributed by atoms with Crippen molar-refractivity contribution < 1.29 is 47.7 Å². The van der Waals surface area contributed by atoms with Gasteiger partial charge in [0.15, 0.2) is 11.1 Å². The lowest BCUT2D eigenvalue weighted by molar-refractivity contribution is -0.736. The molecule has 5 nitrogen and oxygen atoms in total. The summed E-state index contributed by atoms with van der Waals surface area (Å²) in [6, 6.07) is 0.924. The Kier molecular flexibility index (Phi) is 5.60. The largest absolute Gasteiger partial charge is 0.507 e. The Hall–Kier alpha value is -1.37.